The number of nitrogens with zero attached hydrogens (tertiary/aromatic N) is 1. The number of halogens is 1. The van der Waals surface area contributed by atoms with Crippen LogP contribution >= 0.6 is 0 Å². The standard InChI is InChI=1S/C21H25FN2O5S/c1-28-18-10-9-15(14-19(18)29-2)11-12-23-21(25)17-7-5-13-24(17)30(26,27)20-8-4-3-6-16(20)22/h3-4,6,8-10,14,17H,5,7,11-13H2,1-2H3,(H,23,25). The van der Waals surface area contributed by atoms with Crippen molar-refractivity contribution >= 4 is 15.9 Å². The first-order chi connectivity index (χ1) is 14.4. The monoisotopic (exact) mass is 436 g/mol. The van der Waals surface area contributed by atoms with E-state index in [1.807, 2.05) is 12.1 Å². The number of carbonyl (C=O) groups is 1. The highest BCUT2D eigenvalue weighted by Crippen LogP contribution is 2.29. The van der Waals surface area contributed by atoms with Crippen LogP contribution in [0.15, 0.2) is 47.4 Å². The van der Waals surface area contributed by atoms with Crippen molar-refractivity contribution in [2.24, 2.45) is 0 Å². The summed E-state index contributed by atoms with van der Waals surface area (Å²) in [6.07, 6.45) is 1.48. The van der Waals surface area contributed by atoms with Crippen molar-refractivity contribution in [1.82, 2.24) is 9.62 Å². The molecule has 0 radical (unpaired) electrons. The van der Waals surface area contributed by atoms with Gasteiger partial charge in [0.2, 0.25) is 15.9 Å². The average molecular weight is 437 g/mol. The molecule has 162 valence electrons. The van der Waals surface area contributed by atoms with Crippen molar-refractivity contribution < 1.29 is 27.1 Å². The van der Waals surface area contributed by atoms with Crippen molar-refractivity contribution in [3.8, 4) is 11.5 Å². The predicted molar refractivity (Wildman–Crippen MR) is 110 cm³/mol. The highest BCUT2D eigenvalue weighted by Gasteiger charge is 2.40. The Morgan fingerprint density at radius 3 is 2.60 bits per heavy atom. The Morgan fingerprint density at radius 1 is 1.17 bits per heavy atom. The number of benzene rings is 2. The average Bonchev–Trinajstić information content (AvgIpc) is 3.25. The normalized spacial score (nSPS) is 17.0. The van der Waals surface area contributed by atoms with Crippen molar-refractivity contribution in [2.45, 2.75) is 30.2 Å². The zero-order valence-corrected chi connectivity index (χ0v) is 17.7. The lowest BCUT2D eigenvalue weighted by Crippen LogP contribution is -2.46. The van der Waals surface area contributed by atoms with Crippen molar-refractivity contribution in [3.05, 3.63) is 53.8 Å². The lowest BCUT2D eigenvalue weighted by Gasteiger charge is -2.23. The fraction of sp³-hybridized carbons (Fsp3) is 0.381. The zero-order valence-electron chi connectivity index (χ0n) is 16.9. The number of amides is 1. The summed E-state index contributed by atoms with van der Waals surface area (Å²) >= 11 is 0. The minimum atomic E-state index is -4.09. The molecule has 0 aromatic heterocycles. The van der Waals surface area contributed by atoms with E-state index >= 15 is 0 Å². The van der Waals surface area contributed by atoms with Crippen LogP contribution in [0, 0.1) is 5.82 Å². The molecule has 1 N–H and O–H groups in total. The third-order valence-electron chi connectivity index (χ3n) is 5.09. The van der Waals surface area contributed by atoms with Gasteiger partial charge in [0.05, 0.1) is 14.2 Å². The molecule has 7 nitrogen and oxygen atoms in total. The molecule has 1 heterocycles. The Kier molecular flexibility index (Phi) is 6.94. The quantitative estimate of drug-likeness (QED) is 0.687. The molecule has 9 heteroatoms. The molecule has 3 rings (SSSR count). The van der Waals surface area contributed by atoms with E-state index in [0.717, 1.165) is 15.9 Å². The first-order valence-electron chi connectivity index (χ1n) is 9.63. The first-order valence-corrected chi connectivity index (χ1v) is 11.1. The number of hydrogen-bond donors (Lipinski definition) is 1. The summed E-state index contributed by atoms with van der Waals surface area (Å²) in [5, 5.41) is 2.80. The Hall–Kier alpha value is -2.65. The van der Waals surface area contributed by atoms with Crippen LogP contribution in [-0.2, 0) is 21.2 Å². The van der Waals surface area contributed by atoms with Crippen LogP contribution in [0.1, 0.15) is 18.4 Å². The van der Waals surface area contributed by atoms with E-state index < -0.39 is 26.8 Å². The number of sulfonamides is 1. The molecule has 0 saturated carbocycles. The summed E-state index contributed by atoms with van der Waals surface area (Å²) in [5.74, 6) is 0.00871. The Bertz CT molecular complexity index is 1010. The zero-order chi connectivity index (χ0) is 21.7. The second-order valence-electron chi connectivity index (χ2n) is 6.93. The summed E-state index contributed by atoms with van der Waals surface area (Å²) < 4.78 is 51.4. The van der Waals surface area contributed by atoms with Gasteiger partial charge in [-0.15, -0.1) is 0 Å². The maximum absolute atomic E-state index is 14.0. The molecule has 1 aliphatic heterocycles. The van der Waals surface area contributed by atoms with Crippen LogP contribution in [-0.4, -0.2) is 52.0 Å². The summed E-state index contributed by atoms with van der Waals surface area (Å²) in [4.78, 5) is 12.3. The minimum Gasteiger partial charge on any atom is -0.493 e. The summed E-state index contributed by atoms with van der Waals surface area (Å²) in [7, 11) is -0.985. The van der Waals surface area contributed by atoms with Gasteiger partial charge in [0, 0.05) is 13.1 Å². The number of rotatable bonds is 8. The maximum atomic E-state index is 14.0. The van der Waals surface area contributed by atoms with Gasteiger partial charge in [0.1, 0.15) is 16.8 Å². The van der Waals surface area contributed by atoms with Crippen LogP contribution in [0.2, 0.25) is 0 Å². The number of ether oxygens (including phenoxy) is 2. The number of nitrogens with one attached hydrogen (secondary N) is 1. The molecule has 0 bridgehead atoms. The summed E-state index contributed by atoms with van der Waals surface area (Å²) in [5.41, 5.74) is 0.940. The van der Waals surface area contributed by atoms with Crippen LogP contribution in [0.3, 0.4) is 0 Å². The van der Waals surface area contributed by atoms with E-state index in [1.54, 1.807) is 20.3 Å². The highest BCUT2D eigenvalue weighted by molar-refractivity contribution is 7.89. The SMILES string of the molecule is COc1ccc(CCNC(=O)C2CCCN2S(=O)(=O)c2ccccc2F)cc1OC. The van der Waals surface area contributed by atoms with Gasteiger partial charge in [0.15, 0.2) is 11.5 Å². The van der Waals surface area contributed by atoms with Crippen molar-refractivity contribution in [3.63, 3.8) is 0 Å². The molecular weight excluding hydrogens is 411 g/mol. The Labute approximate surface area is 175 Å². The van der Waals surface area contributed by atoms with E-state index in [9.17, 15) is 17.6 Å². The molecule has 1 atom stereocenters. The Balaban J connectivity index is 1.65. The van der Waals surface area contributed by atoms with E-state index in [4.69, 9.17) is 9.47 Å². The van der Waals surface area contributed by atoms with Crippen molar-refractivity contribution in [1.29, 1.82) is 0 Å². The van der Waals surface area contributed by atoms with Gasteiger partial charge in [0.25, 0.3) is 0 Å². The third kappa shape index (κ3) is 4.57. The minimum absolute atomic E-state index is 0.185. The van der Waals surface area contributed by atoms with Crippen LogP contribution in [0.4, 0.5) is 4.39 Å². The number of hydrogen-bond acceptors (Lipinski definition) is 5. The molecule has 30 heavy (non-hydrogen) atoms. The topological polar surface area (TPSA) is 84.9 Å². The molecule has 1 saturated heterocycles. The van der Waals surface area contributed by atoms with Gasteiger partial charge in [-0.3, -0.25) is 4.79 Å². The van der Waals surface area contributed by atoms with E-state index in [0.29, 0.717) is 37.3 Å². The lowest BCUT2D eigenvalue weighted by atomic mass is 10.1. The van der Waals surface area contributed by atoms with E-state index in [-0.39, 0.29) is 12.5 Å². The largest absolute Gasteiger partial charge is 0.493 e. The lowest BCUT2D eigenvalue weighted by molar-refractivity contribution is -0.124. The van der Waals surface area contributed by atoms with Gasteiger partial charge in [-0.1, -0.05) is 18.2 Å². The molecule has 1 unspecified atom stereocenters. The molecule has 2 aromatic carbocycles. The van der Waals surface area contributed by atoms with Crippen LogP contribution in [0.5, 0.6) is 11.5 Å². The number of methoxy groups -OCH3 is 2. The van der Waals surface area contributed by atoms with Crippen LogP contribution in [0.25, 0.3) is 0 Å². The smallest absolute Gasteiger partial charge is 0.246 e. The first kappa shape index (κ1) is 22.0. The van der Waals surface area contributed by atoms with Gasteiger partial charge in [-0.05, 0) is 49.1 Å². The van der Waals surface area contributed by atoms with Gasteiger partial charge < -0.3 is 14.8 Å². The second kappa shape index (κ2) is 9.44. The van der Waals surface area contributed by atoms with E-state index in [1.165, 1.54) is 18.2 Å². The van der Waals surface area contributed by atoms with Gasteiger partial charge in [-0.25, -0.2) is 12.8 Å². The molecule has 1 aliphatic rings. The van der Waals surface area contributed by atoms with Gasteiger partial charge in [-0.2, -0.15) is 4.31 Å². The molecular formula is C21H25FN2O5S. The molecule has 0 spiro atoms. The molecule has 0 aliphatic carbocycles. The Morgan fingerprint density at radius 2 is 1.90 bits per heavy atom. The second-order valence-corrected chi connectivity index (χ2v) is 8.79. The fourth-order valence-electron chi connectivity index (χ4n) is 3.55. The van der Waals surface area contributed by atoms with Gasteiger partial charge >= 0.3 is 0 Å². The van der Waals surface area contributed by atoms with Crippen LogP contribution < -0.4 is 14.8 Å². The molecule has 1 amide bonds. The number of carbonyl (C=O) groups excluding carboxylic acids is 1. The fourth-order valence-corrected chi connectivity index (χ4v) is 5.28. The van der Waals surface area contributed by atoms with Crippen molar-refractivity contribution in [2.75, 3.05) is 27.3 Å². The third-order valence-corrected chi connectivity index (χ3v) is 7.03. The molecule has 2 aromatic rings. The molecule has 1 fully saturated rings. The maximum Gasteiger partial charge on any atom is 0.246 e. The summed E-state index contributed by atoms with van der Waals surface area (Å²) in [6.45, 7) is 0.517. The predicted octanol–water partition coefficient (Wildman–Crippen LogP) is 2.35. The highest BCUT2D eigenvalue weighted by atomic mass is 32.2. The van der Waals surface area contributed by atoms with E-state index in [2.05, 4.69) is 5.32 Å². The summed E-state index contributed by atoms with van der Waals surface area (Å²) in [6, 6.07) is 9.85.